The van der Waals surface area contributed by atoms with Crippen molar-refractivity contribution in [3.63, 3.8) is 0 Å². The number of nitrogens with one attached hydrogen (secondary N) is 2. The number of aromatic nitrogens is 4. The van der Waals surface area contributed by atoms with Crippen LogP contribution in [0, 0.1) is 18.6 Å². The Kier molecular flexibility index (Phi) is 6.72. The maximum atomic E-state index is 13.5. The van der Waals surface area contributed by atoms with E-state index in [1.807, 2.05) is 0 Å². The zero-order valence-corrected chi connectivity index (χ0v) is 19.2. The summed E-state index contributed by atoms with van der Waals surface area (Å²) in [6, 6.07) is 5.60. The number of ether oxygens (including phenoxy) is 2. The van der Waals surface area contributed by atoms with Gasteiger partial charge in [0, 0.05) is 16.8 Å². The molecule has 1 unspecified atom stereocenters. The fraction of sp³-hybridized carbons (Fsp3) is 0.250. The van der Waals surface area contributed by atoms with Gasteiger partial charge in [-0.25, -0.2) is 19.0 Å². The molecule has 2 N–H and O–H groups in total. The van der Waals surface area contributed by atoms with E-state index >= 15 is 0 Å². The predicted molar refractivity (Wildman–Crippen MR) is 115 cm³/mol. The van der Waals surface area contributed by atoms with E-state index in [2.05, 4.69) is 25.5 Å². The van der Waals surface area contributed by atoms with Gasteiger partial charge in [-0.05, 0) is 37.6 Å². The Bertz CT molecular complexity index is 1360. The van der Waals surface area contributed by atoms with E-state index in [-0.39, 0.29) is 22.3 Å². The highest BCUT2D eigenvalue weighted by Crippen LogP contribution is 2.36. The molecule has 2 aromatic heterocycles. The summed E-state index contributed by atoms with van der Waals surface area (Å²) < 4.78 is 70.6. The van der Waals surface area contributed by atoms with Gasteiger partial charge >= 0.3 is 6.18 Å². The SMILES string of the molecule is COc1nc(C)cnc1Oc1nnc(C(F)(F)F)c(C)c1C(=O)Nc1cccc(S(C)(=N)=O)c1. The smallest absolute Gasteiger partial charge is 0.435 e. The van der Waals surface area contributed by atoms with Gasteiger partial charge in [0.15, 0.2) is 5.69 Å². The fourth-order valence-electron chi connectivity index (χ4n) is 2.86. The largest absolute Gasteiger partial charge is 0.477 e. The van der Waals surface area contributed by atoms with Gasteiger partial charge in [-0.15, -0.1) is 10.2 Å². The Labute approximate surface area is 192 Å². The molecule has 1 aromatic carbocycles. The van der Waals surface area contributed by atoms with Crippen molar-refractivity contribution in [3.05, 3.63) is 53.0 Å². The number of hydrogen-bond acceptors (Lipinski definition) is 9. The molecule has 3 aromatic rings. The van der Waals surface area contributed by atoms with Crippen LogP contribution >= 0.6 is 0 Å². The van der Waals surface area contributed by atoms with Crippen molar-refractivity contribution in [3.8, 4) is 17.6 Å². The van der Waals surface area contributed by atoms with E-state index in [1.165, 1.54) is 43.8 Å². The van der Waals surface area contributed by atoms with Crippen LogP contribution in [0.5, 0.6) is 17.6 Å². The first-order chi connectivity index (χ1) is 15.8. The van der Waals surface area contributed by atoms with Gasteiger partial charge in [0.1, 0.15) is 5.56 Å². The maximum Gasteiger partial charge on any atom is 0.435 e. The van der Waals surface area contributed by atoms with Crippen molar-refractivity contribution in [1.82, 2.24) is 20.2 Å². The highest BCUT2D eigenvalue weighted by molar-refractivity contribution is 7.91. The van der Waals surface area contributed by atoms with Gasteiger partial charge in [-0.2, -0.15) is 13.2 Å². The molecule has 14 heteroatoms. The first-order valence-corrected chi connectivity index (χ1v) is 11.4. The van der Waals surface area contributed by atoms with E-state index in [4.69, 9.17) is 14.3 Å². The lowest BCUT2D eigenvalue weighted by Crippen LogP contribution is -2.21. The van der Waals surface area contributed by atoms with Crippen LogP contribution in [-0.4, -0.2) is 43.6 Å². The first kappa shape index (κ1) is 24.8. The monoisotopic (exact) mass is 496 g/mol. The van der Waals surface area contributed by atoms with E-state index in [0.29, 0.717) is 5.69 Å². The number of nitrogens with zero attached hydrogens (tertiary/aromatic N) is 4. The number of rotatable bonds is 6. The highest BCUT2D eigenvalue weighted by Gasteiger charge is 2.38. The molecule has 0 spiro atoms. The summed E-state index contributed by atoms with van der Waals surface area (Å²) in [5.41, 5.74) is -1.87. The second-order valence-corrected chi connectivity index (χ2v) is 9.26. The van der Waals surface area contributed by atoms with Crippen molar-refractivity contribution in [2.75, 3.05) is 18.7 Å². The second-order valence-electron chi connectivity index (χ2n) is 7.10. The fourth-order valence-corrected chi connectivity index (χ4v) is 3.55. The Morgan fingerprint density at radius 3 is 2.47 bits per heavy atom. The summed E-state index contributed by atoms with van der Waals surface area (Å²) in [6.07, 6.45) is -2.36. The molecule has 1 amide bonds. The molecule has 0 aliphatic rings. The molecule has 0 aliphatic carbocycles. The Hall–Kier alpha value is -3.81. The van der Waals surface area contributed by atoms with Gasteiger partial charge in [0.2, 0.25) is 0 Å². The van der Waals surface area contributed by atoms with E-state index in [1.54, 1.807) is 6.92 Å². The average Bonchev–Trinajstić information content (AvgIpc) is 2.73. The van der Waals surface area contributed by atoms with Gasteiger partial charge in [-0.3, -0.25) is 4.79 Å². The van der Waals surface area contributed by atoms with Crippen molar-refractivity contribution < 1.29 is 31.6 Å². The van der Waals surface area contributed by atoms with Crippen molar-refractivity contribution in [2.45, 2.75) is 24.9 Å². The lowest BCUT2D eigenvalue weighted by molar-refractivity contribution is -0.142. The van der Waals surface area contributed by atoms with Gasteiger partial charge < -0.3 is 14.8 Å². The molecule has 0 bridgehead atoms. The summed E-state index contributed by atoms with van der Waals surface area (Å²) in [6.45, 7) is 2.69. The molecule has 34 heavy (non-hydrogen) atoms. The number of alkyl halides is 3. The summed E-state index contributed by atoms with van der Waals surface area (Å²) in [5.74, 6) is -1.88. The summed E-state index contributed by atoms with van der Waals surface area (Å²) in [5, 5.41) is 9.07. The summed E-state index contributed by atoms with van der Waals surface area (Å²) in [4.78, 5) is 21.3. The van der Waals surface area contributed by atoms with E-state index in [0.717, 1.165) is 6.92 Å². The van der Waals surface area contributed by atoms with Gasteiger partial charge in [0.05, 0.1) is 28.7 Å². The maximum absolute atomic E-state index is 13.5. The minimum absolute atomic E-state index is 0.0773. The zero-order valence-electron chi connectivity index (χ0n) is 18.4. The molecule has 0 radical (unpaired) electrons. The van der Waals surface area contributed by atoms with Crippen LogP contribution in [0.4, 0.5) is 18.9 Å². The minimum Gasteiger partial charge on any atom is -0.477 e. The van der Waals surface area contributed by atoms with Crippen LogP contribution in [0.25, 0.3) is 0 Å². The van der Waals surface area contributed by atoms with Crippen LogP contribution in [0.15, 0.2) is 35.4 Å². The van der Waals surface area contributed by atoms with Crippen molar-refractivity contribution >= 4 is 21.3 Å². The molecular formula is C20H19F3N6O4S. The lowest BCUT2D eigenvalue weighted by Gasteiger charge is -2.16. The number of hydrogen-bond donors (Lipinski definition) is 2. The number of carbonyl (C=O) groups is 1. The van der Waals surface area contributed by atoms with Crippen LogP contribution < -0.4 is 14.8 Å². The molecule has 1 atom stereocenters. The van der Waals surface area contributed by atoms with E-state index < -0.39 is 44.5 Å². The molecule has 2 heterocycles. The zero-order chi connectivity index (χ0) is 25.3. The number of anilines is 1. The lowest BCUT2D eigenvalue weighted by atomic mass is 10.1. The summed E-state index contributed by atoms with van der Waals surface area (Å²) in [7, 11) is -1.81. The molecule has 3 rings (SSSR count). The average molecular weight is 496 g/mol. The van der Waals surface area contributed by atoms with Crippen LogP contribution in [0.2, 0.25) is 0 Å². The number of amides is 1. The number of methoxy groups -OCH3 is 1. The Morgan fingerprint density at radius 2 is 1.85 bits per heavy atom. The van der Waals surface area contributed by atoms with Gasteiger partial charge in [0.25, 0.3) is 23.5 Å². The van der Waals surface area contributed by atoms with E-state index in [9.17, 15) is 22.2 Å². The van der Waals surface area contributed by atoms with Crippen molar-refractivity contribution in [2.24, 2.45) is 0 Å². The molecule has 10 nitrogen and oxygen atoms in total. The normalized spacial score (nSPS) is 13.1. The Morgan fingerprint density at radius 1 is 1.15 bits per heavy atom. The van der Waals surface area contributed by atoms with Crippen LogP contribution in [0.3, 0.4) is 0 Å². The van der Waals surface area contributed by atoms with Crippen molar-refractivity contribution in [1.29, 1.82) is 4.78 Å². The number of halogens is 3. The molecule has 0 aliphatic heterocycles. The standard InChI is InChI=1S/C20H19F3N6O4S/c1-10-9-25-18(19(26-10)32-3)33-17-14(11(2)15(28-29-17)20(21,22)23)16(30)27-12-6-5-7-13(8-12)34(4,24)31/h5-9,24H,1-4H3,(H,27,30). The molecular weight excluding hydrogens is 477 g/mol. The topological polar surface area (TPSA) is 140 Å². The second kappa shape index (κ2) is 9.21. The Balaban J connectivity index is 2.09. The van der Waals surface area contributed by atoms with Crippen LogP contribution in [0.1, 0.15) is 27.3 Å². The quantitative estimate of drug-likeness (QED) is 0.522. The minimum atomic E-state index is -4.88. The highest BCUT2D eigenvalue weighted by atomic mass is 32.2. The third kappa shape index (κ3) is 5.39. The molecule has 0 fully saturated rings. The van der Waals surface area contributed by atoms with Gasteiger partial charge in [-0.1, -0.05) is 6.07 Å². The van der Waals surface area contributed by atoms with Crippen LogP contribution in [-0.2, 0) is 15.9 Å². The number of benzene rings is 1. The first-order valence-electron chi connectivity index (χ1n) is 9.46. The molecule has 0 saturated heterocycles. The predicted octanol–water partition coefficient (Wildman–Crippen LogP) is 3.99. The summed E-state index contributed by atoms with van der Waals surface area (Å²) >= 11 is 0. The third-order valence-electron chi connectivity index (χ3n) is 4.44. The molecule has 180 valence electrons. The third-order valence-corrected chi connectivity index (χ3v) is 5.59. The molecule has 0 saturated carbocycles. The number of aryl methyl sites for hydroxylation is 1. The number of carbonyl (C=O) groups excluding carboxylic acids is 1.